The molecule has 0 fully saturated rings. The Kier molecular flexibility index (Phi) is 6.70. The fourth-order valence-corrected chi connectivity index (χ4v) is 1.41. The molecule has 0 aliphatic rings. The van der Waals surface area contributed by atoms with Crippen LogP contribution < -0.4 is 14.8 Å². The SMILES string of the molecule is COCCOCC(=O)Nc1cc(OC)ccc1OC. The van der Waals surface area contributed by atoms with Gasteiger partial charge in [-0.25, -0.2) is 0 Å². The van der Waals surface area contributed by atoms with E-state index in [2.05, 4.69) is 5.32 Å². The molecule has 0 heterocycles. The summed E-state index contributed by atoms with van der Waals surface area (Å²) in [5.74, 6) is 0.935. The first-order valence-electron chi connectivity index (χ1n) is 5.79. The van der Waals surface area contributed by atoms with Gasteiger partial charge in [-0.05, 0) is 12.1 Å². The van der Waals surface area contributed by atoms with E-state index >= 15 is 0 Å². The Morgan fingerprint density at radius 3 is 2.58 bits per heavy atom. The number of anilines is 1. The highest BCUT2D eigenvalue weighted by atomic mass is 16.5. The summed E-state index contributed by atoms with van der Waals surface area (Å²) in [5.41, 5.74) is 0.544. The van der Waals surface area contributed by atoms with E-state index in [4.69, 9.17) is 18.9 Å². The van der Waals surface area contributed by atoms with Crippen LogP contribution in [0.2, 0.25) is 0 Å². The Morgan fingerprint density at radius 2 is 1.95 bits per heavy atom. The van der Waals surface area contributed by atoms with E-state index in [-0.39, 0.29) is 12.5 Å². The Morgan fingerprint density at radius 1 is 1.16 bits per heavy atom. The lowest BCUT2D eigenvalue weighted by Crippen LogP contribution is -2.20. The van der Waals surface area contributed by atoms with Crippen LogP contribution in [0, 0.1) is 0 Å². The van der Waals surface area contributed by atoms with Crippen LogP contribution in [0.25, 0.3) is 0 Å². The highest BCUT2D eigenvalue weighted by molar-refractivity contribution is 5.93. The van der Waals surface area contributed by atoms with E-state index in [0.717, 1.165) is 0 Å². The van der Waals surface area contributed by atoms with Gasteiger partial charge in [0, 0.05) is 13.2 Å². The highest BCUT2D eigenvalue weighted by Gasteiger charge is 2.09. The second kappa shape index (κ2) is 8.34. The summed E-state index contributed by atoms with van der Waals surface area (Å²) in [7, 11) is 4.67. The van der Waals surface area contributed by atoms with E-state index < -0.39 is 0 Å². The van der Waals surface area contributed by atoms with Crippen LogP contribution in [0.4, 0.5) is 5.69 Å². The van der Waals surface area contributed by atoms with Gasteiger partial charge in [0.05, 0.1) is 33.1 Å². The summed E-state index contributed by atoms with van der Waals surface area (Å²) in [5, 5.41) is 2.70. The van der Waals surface area contributed by atoms with E-state index in [0.29, 0.717) is 30.4 Å². The van der Waals surface area contributed by atoms with Crippen LogP contribution in [0.5, 0.6) is 11.5 Å². The maximum absolute atomic E-state index is 11.7. The van der Waals surface area contributed by atoms with Crippen molar-refractivity contribution in [3.05, 3.63) is 18.2 Å². The third kappa shape index (κ3) is 5.15. The molecule has 19 heavy (non-hydrogen) atoms. The van der Waals surface area contributed by atoms with Gasteiger partial charge in [0.15, 0.2) is 0 Å². The number of benzene rings is 1. The van der Waals surface area contributed by atoms with Gasteiger partial charge in [0.2, 0.25) is 5.91 Å². The molecule has 0 bridgehead atoms. The van der Waals surface area contributed by atoms with Crippen molar-refractivity contribution in [1.29, 1.82) is 0 Å². The standard InChI is InChI=1S/C13H19NO5/c1-16-6-7-19-9-13(15)14-11-8-10(17-2)4-5-12(11)18-3/h4-5,8H,6-7,9H2,1-3H3,(H,14,15). The Bertz CT molecular complexity index is 408. The number of rotatable bonds is 8. The van der Waals surface area contributed by atoms with Crippen molar-refractivity contribution >= 4 is 11.6 Å². The third-order valence-electron chi connectivity index (χ3n) is 2.35. The Balaban J connectivity index is 2.56. The number of nitrogens with one attached hydrogen (secondary N) is 1. The summed E-state index contributed by atoms with van der Waals surface area (Å²) in [6.45, 7) is 0.790. The largest absolute Gasteiger partial charge is 0.497 e. The molecule has 1 rings (SSSR count). The molecule has 1 aromatic carbocycles. The molecule has 1 amide bonds. The Labute approximate surface area is 112 Å². The van der Waals surface area contributed by atoms with Crippen molar-refractivity contribution in [3.8, 4) is 11.5 Å². The molecule has 0 aliphatic carbocycles. The predicted octanol–water partition coefficient (Wildman–Crippen LogP) is 1.31. The molecular weight excluding hydrogens is 250 g/mol. The van der Waals surface area contributed by atoms with Crippen LogP contribution in [0.1, 0.15) is 0 Å². The van der Waals surface area contributed by atoms with Gasteiger partial charge >= 0.3 is 0 Å². The van der Waals surface area contributed by atoms with Crippen LogP contribution in [0.3, 0.4) is 0 Å². The third-order valence-corrected chi connectivity index (χ3v) is 2.35. The van der Waals surface area contributed by atoms with Crippen LogP contribution >= 0.6 is 0 Å². The highest BCUT2D eigenvalue weighted by Crippen LogP contribution is 2.28. The topological polar surface area (TPSA) is 66.0 Å². The monoisotopic (exact) mass is 269 g/mol. The van der Waals surface area contributed by atoms with Crippen LogP contribution in [-0.2, 0) is 14.3 Å². The van der Waals surface area contributed by atoms with Crippen molar-refractivity contribution < 1.29 is 23.7 Å². The summed E-state index contributed by atoms with van der Waals surface area (Å²) in [6, 6.07) is 5.16. The zero-order valence-electron chi connectivity index (χ0n) is 11.4. The lowest BCUT2D eigenvalue weighted by molar-refractivity contribution is -0.121. The zero-order valence-corrected chi connectivity index (χ0v) is 11.4. The molecule has 0 saturated heterocycles. The minimum absolute atomic E-state index is 0.0380. The summed E-state index contributed by atoms with van der Waals surface area (Å²) in [6.07, 6.45) is 0. The van der Waals surface area contributed by atoms with Gasteiger partial charge in [0.1, 0.15) is 18.1 Å². The van der Waals surface area contributed by atoms with Crippen molar-refractivity contribution in [2.45, 2.75) is 0 Å². The molecule has 1 aromatic rings. The number of methoxy groups -OCH3 is 3. The van der Waals surface area contributed by atoms with Gasteiger partial charge in [-0.2, -0.15) is 0 Å². The molecular formula is C13H19NO5. The number of hydrogen-bond donors (Lipinski definition) is 1. The lowest BCUT2D eigenvalue weighted by Gasteiger charge is -2.11. The fourth-order valence-electron chi connectivity index (χ4n) is 1.41. The normalized spacial score (nSPS) is 10.1. The van der Waals surface area contributed by atoms with Crippen molar-refractivity contribution in [1.82, 2.24) is 0 Å². The molecule has 6 heteroatoms. The molecule has 0 aliphatic heterocycles. The van der Waals surface area contributed by atoms with E-state index in [9.17, 15) is 4.79 Å². The minimum atomic E-state index is -0.261. The molecule has 0 radical (unpaired) electrons. The van der Waals surface area contributed by atoms with Gasteiger partial charge < -0.3 is 24.3 Å². The van der Waals surface area contributed by atoms with Crippen LogP contribution in [0.15, 0.2) is 18.2 Å². The van der Waals surface area contributed by atoms with E-state index in [1.807, 2.05) is 0 Å². The number of carbonyl (C=O) groups is 1. The Hall–Kier alpha value is -1.79. The minimum Gasteiger partial charge on any atom is -0.497 e. The molecule has 6 nitrogen and oxygen atoms in total. The predicted molar refractivity (Wildman–Crippen MR) is 70.9 cm³/mol. The number of hydrogen-bond acceptors (Lipinski definition) is 5. The lowest BCUT2D eigenvalue weighted by atomic mass is 10.2. The molecule has 0 atom stereocenters. The number of ether oxygens (including phenoxy) is 4. The maximum atomic E-state index is 11.7. The molecule has 0 unspecified atom stereocenters. The van der Waals surface area contributed by atoms with Gasteiger partial charge in [-0.15, -0.1) is 0 Å². The average molecular weight is 269 g/mol. The average Bonchev–Trinajstić information content (AvgIpc) is 2.43. The first kappa shape index (κ1) is 15.3. The van der Waals surface area contributed by atoms with Crippen LogP contribution in [-0.4, -0.2) is 47.1 Å². The van der Waals surface area contributed by atoms with E-state index in [1.165, 1.54) is 7.11 Å². The smallest absolute Gasteiger partial charge is 0.250 e. The van der Waals surface area contributed by atoms with E-state index in [1.54, 1.807) is 32.4 Å². The second-order valence-electron chi connectivity index (χ2n) is 3.66. The maximum Gasteiger partial charge on any atom is 0.250 e. The number of carbonyl (C=O) groups excluding carboxylic acids is 1. The molecule has 106 valence electrons. The quantitative estimate of drug-likeness (QED) is 0.721. The first-order valence-corrected chi connectivity index (χ1v) is 5.79. The molecule has 0 spiro atoms. The van der Waals surface area contributed by atoms with Gasteiger partial charge in [-0.3, -0.25) is 4.79 Å². The summed E-state index contributed by atoms with van der Waals surface area (Å²) >= 11 is 0. The molecule has 0 saturated carbocycles. The van der Waals surface area contributed by atoms with Crippen molar-refractivity contribution in [3.63, 3.8) is 0 Å². The summed E-state index contributed by atoms with van der Waals surface area (Å²) in [4.78, 5) is 11.7. The zero-order chi connectivity index (χ0) is 14.1. The second-order valence-corrected chi connectivity index (χ2v) is 3.66. The van der Waals surface area contributed by atoms with Crippen molar-refractivity contribution in [2.24, 2.45) is 0 Å². The van der Waals surface area contributed by atoms with Crippen molar-refractivity contribution in [2.75, 3.05) is 46.5 Å². The fraction of sp³-hybridized carbons (Fsp3) is 0.462. The molecule has 0 aromatic heterocycles. The van der Waals surface area contributed by atoms with Gasteiger partial charge in [0.25, 0.3) is 0 Å². The first-order chi connectivity index (χ1) is 9.21. The number of amides is 1. The molecule has 1 N–H and O–H groups in total. The summed E-state index contributed by atoms with van der Waals surface area (Å²) < 4.78 is 20.2. The van der Waals surface area contributed by atoms with Gasteiger partial charge in [-0.1, -0.05) is 0 Å².